The highest BCUT2D eigenvalue weighted by Crippen LogP contribution is 2.22. The lowest BCUT2D eigenvalue weighted by Gasteiger charge is -2.06. The molecule has 1 atom stereocenters. The minimum Gasteiger partial charge on any atom is -0.323 e. The Morgan fingerprint density at radius 2 is 2.10 bits per heavy atom. The van der Waals surface area contributed by atoms with E-state index >= 15 is 0 Å². The summed E-state index contributed by atoms with van der Waals surface area (Å²) in [5.41, 5.74) is 8.79. The van der Waals surface area contributed by atoms with Crippen LogP contribution < -0.4 is 5.73 Å². The monoisotopic (exact) mass is 310 g/mol. The quantitative estimate of drug-likeness (QED) is 0.853. The second kappa shape index (κ2) is 7.04. The van der Waals surface area contributed by atoms with Gasteiger partial charge in [-0.25, -0.2) is 4.68 Å². The summed E-state index contributed by atoms with van der Waals surface area (Å²) < 4.78 is 3.70. The Labute approximate surface area is 130 Å². The molecule has 6 nitrogen and oxygen atoms in total. The van der Waals surface area contributed by atoms with Gasteiger partial charge in [0.25, 0.3) is 0 Å². The molecule has 0 radical (unpaired) electrons. The highest BCUT2D eigenvalue weighted by atomic mass is 35.5. The lowest BCUT2D eigenvalue weighted by atomic mass is 10.1. The molecule has 116 valence electrons. The highest BCUT2D eigenvalue weighted by Gasteiger charge is 2.16. The Morgan fingerprint density at radius 1 is 1.33 bits per heavy atom. The summed E-state index contributed by atoms with van der Waals surface area (Å²) in [6, 6.07) is -0.0542. The maximum atomic E-state index is 6.41. The van der Waals surface area contributed by atoms with Crippen LogP contribution in [0.15, 0.2) is 6.20 Å². The van der Waals surface area contributed by atoms with Gasteiger partial charge in [-0.2, -0.15) is 5.10 Å². The smallest absolute Gasteiger partial charge is 0.0994 e. The summed E-state index contributed by atoms with van der Waals surface area (Å²) in [7, 11) is 0. The molecule has 21 heavy (non-hydrogen) atoms. The molecular weight excluding hydrogens is 288 g/mol. The fraction of sp³-hybridized carbons (Fsp3) is 0.643. The van der Waals surface area contributed by atoms with Gasteiger partial charge in [0.2, 0.25) is 0 Å². The Morgan fingerprint density at radius 3 is 2.71 bits per heavy atom. The summed E-state index contributed by atoms with van der Waals surface area (Å²) in [6.07, 6.45) is 4.66. The van der Waals surface area contributed by atoms with Crippen LogP contribution in [0.5, 0.6) is 0 Å². The normalized spacial score (nSPS) is 12.8. The van der Waals surface area contributed by atoms with Crippen molar-refractivity contribution < 1.29 is 0 Å². The number of nitrogens with zero attached hydrogens (tertiary/aromatic N) is 5. The predicted molar refractivity (Wildman–Crippen MR) is 83.2 cm³/mol. The minimum absolute atomic E-state index is 0.0542. The van der Waals surface area contributed by atoms with Crippen molar-refractivity contribution in [2.24, 2.45) is 5.73 Å². The Bertz CT molecular complexity index is 588. The first-order valence-electron chi connectivity index (χ1n) is 7.50. The zero-order chi connectivity index (χ0) is 15.4. The number of hydrogen-bond donors (Lipinski definition) is 1. The zero-order valence-corrected chi connectivity index (χ0v) is 13.6. The van der Waals surface area contributed by atoms with Crippen molar-refractivity contribution in [2.75, 3.05) is 0 Å². The van der Waals surface area contributed by atoms with E-state index in [2.05, 4.69) is 36.2 Å². The standard InChI is InChI=1S/C14H23ClN6/c1-4-7-10(16)12-8-20(19-17-12)9-13-14(15)11(5-2)18-21(13)6-3/h8,10H,4-7,9,16H2,1-3H3. The van der Waals surface area contributed by atoms with Crippen LogP contribution in [0, 0.1) is 0 Å². The lowest BCUT2D eigenvalue weighted by molar-refractivity contribution is 0.563. The number of hydrogen-bond acceptors (Lipinski definition) is 4. The van der Waals surface area contributed by atoms with Crippen molar-refractivity contribution in [1.82, 2.24) is 24.8 Å². The molecule has 0 aliphatic carbocycles. The molecule has 0 aliphatic rings. The molecule has 2 aromatic heterocycles. The van der Waals surface area contributed by atoms with Crippen molar-refractivity contribution in [2.45, 2.75) is 59.2 Å². The third-order valence-corrected chi connectivity index (χ3v) is 3.98. The maximum absolute atomic E-state index is 6.41. The molecule has 7 heteroatoms. The highest BCUT2D eigenvalue weighted by molar-refractivity contribution is 6.31. The Balaban J connectivity index is 2.20. The van der Waals surface area contributed by atoms with E-state index in [1.165, 1.54) is 0 Å². The van der Waals surface area contributed by atoms with Crippen molar-refractivity contribution >= 4 is 11.6 Å². The van der Waals surface area contributed by atoms with Crippen LogP contribution >= 0.6 is 11.6 Å². The number of aryl methyl sites for hydroxylation is 2. The SMILES string of the molecule is CCCC(N)c1cn(Cc2c(Cl)c(CC)nn2CC)nn1. The summed E-state index contributed by atoms with van der Waals surface area (Å²) >= 11 is 6.41. The molecule has 2 aromatic rings. The van der Waals surface area contributed by atoms with Crippen LogP contribution in [-0.2, 0) is 19.5 Å². The molecule has 0 spiro atoms. The largest absolute Gasteiger partial charge is 0.323 e. The van der Waals surface area contributed by atoms with Gasteiger partial charge in [0.05, 0.1) is 40.9 Å². The Hall–Kier alpha value is -1.40. The molecule has 2 rings (SSSR count). The molecule has 0 aromatic carbocycles. The first-order chi connectivity index (χ1) is 10.1. The third-order valence-electron chi connectivity index (χ3n) is 3.54. The van der Waals surface area contributed by atoms with Crippen molar-refractivity contribution in [3.05, 3.63) is 28.3 Å². The van der Waals surface area contributed by atoms with Crippen LogP contribution in [0.25, 0.3) is 0 Å². The molecule has 0 fully saturated rings. The molecular formula is C14H23ClN6. The van der Waals surface area contributed by atoms with Crippen LogP contribution in [0.4, 0.5) is 0 Å². The summed E-state index contributed by atoms with van der Waals surface area (Å²) in [4.78, 5) is 0. The molecule has 1 unspecified atom stereocenters. The second-order valence-electron chi connectivity index (χ2n) is 5.11. The summed E-state index contributed by atoms with van der Waals surface area (Å²) in [5.74, 6) is 0. The van der Waals surface area contributed by atoms with Gasteiger partial charge >= 0.3 is 0 Å². The predicted octanol–water partition coefficient (Wildman–Crippen LogP) is 2.56. The number of aromatic nitrogens is 5. The molecule has 0 bridgehead atoms. The van der Waals surface area contributed by atoms with E-state index in [0.717, 1.165) is 47.9 Å². The van der Waals surface area contributed by atoms with Gasteiger partial charge in [-0.05, 0) is 19.8 Å². The lowest BCUT2D eigenvalue weighted by Crippen LogP contribution is -2.10. The molecule has 2 heterocycles. The van der Waals surface area contributed by atoms with E-state index in [1.807, 2.05) is 10.9 Å². The topological polar surface area (TPSA) is 74.6 Å². The fourth-order valence-electron chi connectivity index (χ4n) is 2.34. The number of rotatable bonds is 7. The fourth-order valence-corrected chi connectivity index (χ4v) is 2.67. The van der Waals surface area contributed by atoms with E-state index < -0.39 is 0 Å². The van der Waals surface area contributed by atoms with Gasteiger partial charge in [0.1, 0.15) is 0 Å². The summed E-state index contributed by atoms with van der Waals surface area (Å²) in [5, 5.41) is 13.6. The Kier molecular flexibility index (Phi) is 5.36. The molecule has 0 saturated heterocycles. The molecule has 0 amide bonds. The van der Waals surface area contributed by atoms with E-state index in [4.69, 9.17) is 17.3 Å². The first kappa shape index (κ1) is 16.0. The average molecular weight is 311 g/mol. The van der Waals surface area contributed by atoms with Crippen molar-refractivity contribution in [3.63, 3.8) is 0 Å². The van der Waals surface area contributed by atoms with Crippen LogP contribution in [0.1, 0.15) is 56.7 Å². The van der Waals surface area contributed by atoms with Gasteiger partial charge in [0, 0.05) is 6.54 Å². The van der Waals surface area contributed by atoms with Crippen molar-refractivity contribution in [3.8, 4) is 0 Å². The average Bonchev–Trinajstić information content (AvgIpc) is 3.06. The van der Waals surface area contributed by atoms with E-state index in [-0.39, 0.29) is 6.04 Å². The van der Waals surface area contributed by atoms with Gasteiger partial charge in [0.15, 0.2) is 0 Å². The van der Waals surface area contributed by atoms with Crippen molar-refractivity contribution in [1.29, 1.82) is 0 Å². The zero-order valence-electron chi connectivity index (χ0n) is 12.9. The van der Waals surface area contributed by atoms with E-state index in [1.54, 1.807) is 4.68 Å². The molecule has 0 aliphatic heterocycles. The minimum atomic E-state index is -0.0542. The third kappa shape index (κ3) is 3.44. The van der Waals surface area contributed by atoms with Gasteiger partial charge in [-0.1, -0.05) is 37.1 Å². The van der Waals surface area contributed by atoms with E-state index in [9.17, 15) is 0 Å². The first-order valence-corrected chi connectivity index (χ1v) is 7.88. The number of halogens is 1. The second-order valence-corrected chi connectivity index (χ2v) is 5.49. The van der Waals surface area contributed by atoms with Crippen LogP contribution in [-0.4, -0.2) is 24.8 Å². The summed E-state index contributed by atoms with van der Waals surface area (Å²) in [6.45, 7) is 7.55. The van der Waals surface area contributed by atoms with E-state index in [0.29, 0.717) is 6.54 Å². The van der Waals surface area contributed by atoms with Gasteiger partial charge in [-0.15, -0.1) is 5.10 Å². The van der Waals surface area contributed by atoms with Crippen LogP contribution in [0.3, 0.4) is 0 Å². The maximum Gasteiger partial charge on any atom is 0.0994 e. The van der Waals surface area contributed by atoms with Gasteiger partial charge < -0.3 is 5.73 Å². The van der Waals surface area contributed by atoms with Crippen LogP contribution in [0.2, 0.25) is 5.02 Å². The number of nitrogens with two attached hydrogens (primary N) is 1. The molecule has 0 saturated carbocycles. The van der Waals surface area contributed by atoms with Gasteiger partial charge in [-0.3, -0.25) is 4.68 Å². The molecule has 2 N–H and O–H groups in total.